The van der Waals surface area contributed by atoms with E-state index in [1.165, 1.54) is 31.3 Å². The van der Waals surface area contributed by atoms with Crippen LogP contribution in [-0.2, 0) is 4.74 Å². The molecular formula is C29H48O4. The molecule has 0 bridgehead atoms. The van der Waals surface area contributed by atoms with E-state index in [1.807, 2.05) is 0 Å². The lowest BCUT2D eigenvalue weighted by atomic mass is 9.62. The monoisotopic (exact) mass is 460 g/mol. The van der Waals surface area contributed by atoms with Crippen molar-refractivity contribution in [2.45, 2.75) is 122 Å². The molecule has 188 valence electrons. The third-order valence-electron chi connectivity index (χ3n) is 9.35. The first-order valence-corrected chi connectivity index (χ1v) is 13.4. The van der Waals surface area contributed by atoms with Crippen LogP contribution in [0, 0.1) is 17.3 Å². The zero-order valence-electron chi connectivity index (χ0n) is 21.5. The van der Waals surface area contributed by atoms with Crippen LogP contribution in [0.5, 0.6) is 0 Å². The SMILES string of the molecule is C=C1C(=CC=C2CCC[C@]3(C)[C@@H](C(C)OCCCC(O)(CC)CC)CC[C@@H]23)CC(O)CC1O. The molecule has 3 saturated carbocycles. The second kappa shape index (κ2) is 11.2. The molecule has 3 N–H and O–H groups in total. The van der Waals surface area contributed by atoms with Crippen LogP contribution >= 0.6 is 0 Å². The fraction of sp³-hybridized carbons (Fsp3) is 0.793. The Balaban J connectivity index is 1.62. The maximum atomic E-state index is 10.5. The van der Waals surface area contributed by atoms with Gasteiger partial charge in [-0.3, -0.25) is 0 Å². The van der Waals surface area contributed by atoms with Gasteiger partial charge in [0, 0.05) is 13.0 Å². The van der Waals surface area contributed by atoms with Gasteiger partial charge in [-0.15, -0.1) is 0 Å². The van der Waals surface area contributed by atoms with Gasteiger partial charge < -0.3 is 20.1 Å². The molecule has 4 heteroatoms. The topological polar surface area (TPSA) is 69.9 Å². The van der Waals surface area contributed by atoms with E-state index in [0.717, 1.165) is 49.9 Å². The summed E-state index contributed by atoms with van der Waals surface area (Å²) < 4.78 is 6.34. The number of ether oxygens (including phenoxy) is 1. The van der Waals surface area contributed by atoms with Crippen LogP contribution in [0.4, 0.5) is 0 Å². The number of rotatable bonds is 9. The molecule has 0 radical (unpaired) electrons. The first-order valence-electron chi connectivity index (χ1n) is 13.4. The summed E-state index contributed by atoms with van der Waals surface area (Å²) in [5, 5.41) is 30.7. The number of hydrogen-bond donors (Lipinski definition) is 3. The van der Waals surface area contributed by atoms with Crippen molar-refractivity contribution in [3.8, 4) is 0 Å². The van der Waals surface area contributed by atoms with Crippen molar-refractivity contribution in [1.29, 1.82) is 0 Å². The van der Waals surface area contributed by atoms with Crippen LogP contribution in [-0.4, -0.2) is 45.8 Å². The summed E-state index contributed by atoms with van der Waals surface area (Å²) in [6.45, 7) is 13.6. The fourth-order valence-corrected chi connectivity index (χ4v) is 6.91. The van der Waals surface area contributed by atoms with E-state index >= 15 is 0 Å². The summed E-state index contributed by atoms with van der Waals surface area (Å²) in [7, 11) is 0. The number of aliphatic hydroxyl groups is 3. The molecule has 0 aliphatic heterocycles. The van der Waals surface area contributed by atoms with Gasteiger partial charge in [0.15, 0.2) is 0 Å². The minimum absolute atomic E-state index is 0.234. The average molecular weight is 461 g/mol. The Hall–Kier alpha value is -0.940. The normalized spacial score (nSPS) is 36.4. The van der Waals surface area contributed by atoms with Gasteiger partial charge in [-0.1, -0.05) is 45.1 Å². The number of aliphatic hydroxyl groups excluding tert-OH is 2. The van der Waals surface area contributed by atoms with Gasteiger partial charge in [0.05, 0.1) is 23.9 Å². The van der Waals surface area contributed by atoms with Crippen molar-refractivity contribution in [3.63, 3.8) is 0 Å². The minimum atomic E-state index is -0.630. The molecule has 0 aromatic heterocycles. The second-order valence-corrected chi connectivity index (χ2v) is 11.3. The lowest BCUT2D eigenvalue weighted by Gasteiger charge is -2.44. The summed E-state index contributed by atoms with van der Waals surface area (Å²) in [5.74, 6) is 1.14. The fourth-order valence-electron chi connectivity index (χ4n) is 6.91. The van der Waals surface area contributed by atoms with Gasteiger partial charge in [-0.2, -0.15) is 0 Å². The van der Waals surface area contributed by atoms with Crippen LogP contribution in [0.2, 0.25) is 0 Å². The second-order valence-electron chi connectivity index (χ2n) is 11.3. The number of hydrogen-bond acceptors (Lipinski definition) is 4. The molecule has 0 aromatic carbocycles. The van der Waals surface area contributed by atoms with Crippen LogP contribution in [0.15, 0.2) is 35.5 Å². The van der Waals surface area contributed by atoms with Crippen molar-refractivity contribution in [1.82, 2.24) is 0 Å². The largest absolute Gasteiger partial charge is 0.393 e. The molecule has 3 aliphatic rings. The van der Waals surface area contributed by atoms with Gasteiger partial charge in [0.2, 0.25) is 0 Å². The van der Waals surface area contributed by atoms with Crippen LogP contribution in [0.1, 0.15) is 98.3 Å². The maximum Gasteiger partial charge on any atom is 0.0811 e. The molecule has 33 heavy (non-hydrogen) atoms. The van der Waals surface area contributed by atoms with Crippen molar-refractivity contribution >= 4 is 0 Å². The molecule has 4 nitrogen and oxygen atoms in total. The molecule has 0 heterocycles. The molecular weight excluding hydrogens is 412 g/mol. The molecule has 0 amide bonds. The molecule has 0 aromatic rings. The van der Waals surface area contributed by atoms with E-state index in [1.54, 1.807) is 0 Å². The van der Waals surface area contributed by atoms with Crippen LogP contribution in [0.25, 0.3) is 0 Å². The van der Waals surface area contributed by atoms with E-state index in [9.17, 15) is 15.3 Å². The lowest BCUT2D eigenvalue weighted by Crippen LogP contribution is -2.39. The lowest BCUT2D eigenvalue weighted by molar-refractivity contribution is -0.0365. The molecule has 6 atom stereocenters. The van der Waals surface area contributed by atoms with Gasteiger partial charge >= 0.3 is 0 Å². The number of allylic oxidation sites excluding steroid dienone is 3. The predicted octanol–water partition coefficient (Wildman–Crippen LogP) is 5.86. The van der Waals surface area contributed by atoms with E-state index in [2.05, 4.69) is 46.4 Å². The van der Waals surface area contributed by atoms with Gasteiger partial charge in [-0.25, -0.2) is 0 Å². The predicted molar refractivity (Wildman–Crippen MR) is 135 cm³/mol. The van der Waals surface area contributed by atoms with E-state index < -0.39 is 17.8 Å². The Morgan fingerprint density at radius 2 is 1.94 bits per heavy atom. The zero-order valence-corrected chi connectivity index (χ0v) is 21.5. The van der Waals surface area contributed by atoms with Crippen LogP contribution in [0.3, 0.4) is 0 Å². The van der Waals surface area contributed by atoms with Crippen molar-refractivity contribution < 1.29 is 20.1 Å². The maximum absolute atomic E-state index is 10.5. The summed E-state index contributed by atoms with van der Waals surface area (Å²) in [6, 6.07) is 0. The highest BCUT2D eigenvalue weighted by Gasteiger charge is 2.51. The highest BCUT2D eigenvalue weighted by Crippen LogP contribution is 2.58. The molecule has 3 aliphatic carbocycles. The van der Waals surface area contributed by atoms with Crippen molar-refractivity contribution in [2.24, 2.45) is 17.3 Å². The first kappa shape index (κ1) is 26.7. The Bertz CT molecular complexity index is 734. The highest BCUT2D eigenvalue weighted by atomic mass is 16.5. The van der Waals surface area contributed by atoms with Gasteiger partial charge in [-0.05, 0) is 99.5 Å². The summed E-state index contributed by atoms with van der Waals surface area (Å²) >= 11 is 0. The highest BCUT2D eigenvalue weighted by molar-refractivity contribution is 5.38. The third-order valence-corrected chi connectivity index (χ3v) is 9.35. The van der Waals surface area contributed by atoms with Gasteiger partial charge in [0.1, 0.15) is 0 Å². The van der Waals surface area contributed by atoms with Crippen LogP contribution < -0.4 is 0 Å². The van der Waals surface area contributed by atoms with E-state index in [4.69, 9.17) is 4.74 Å². The van der Waals surface area contributed by atoms with E-state index in [0.29, 0.717) is 24.7 Å². The first-order chi connectivity index (χ1) is 15.6. The minimum Gasteiger partial charge on any atom is -0.393 e. The summed E-state index contributed by atoms with van der Waals surface area (Å²) in [6.07, 6.45) is 13.8. The van der Waals surface area contributed by atoms with Gasteiger partial charge in [0.25, 0.3) is 0 Å². The molecule has 0 spiro atoms. The Labute approximate surface area is 201 Å². The molecule has 3 unspecified atom stereocenters. The standard InChI is InChI=1S/C29H48O4/c1-6-29(32,7-2)16-9-17-33-21(4)25-13-14-26-22(10-8-15-28(25,26)5)11-12-23-18-24(30)19-27(31)20(23)3/h11-12,21,24-27,30-32H,3,6-10,13-19H2,1-2,4-5H3/t21?,24?,25-,26+,27?,28-/m1/s1. The summed E-state index contributed by atoms with van der Waals surface area (Å²) in [4.78, 5) is 0. The number of fused-ring (bicyclic) bond motifs is 1. The Morgan fingerprint density at radius 3 is 2.64 bits per heavy atom. The van der Waals surface area contributed by atoms with E-state index in [-0.39, 0.29) is 11.5 Å². The molecule has 0 saturated heterocycles. The Morgan fingerprint density at radius 1 is 1.21 bits per heavy atom. The molecule has 3 rings (SSSR count). The third kappa shape index (κ3) is 6.01. The zero-order chi connectivity index (χ0) is 24.2. The smallest absolute Gasteiger partial charge is 0.0811 e. The average Bonchev–Trinajstić information content (AvgIpc) is 3.15. The van der Waals surface area contributed by atoms with Crippen molar-refractivity contribution in [3.05, 3.63) is 35.5 Å². The summed E-state index contributed by atoms with van der Waals surface area (Å²) in [5.41, 5.74) is 3.00. The Kier molecular flexibility index (Phi) is 9.05. The van der Waals surface area contributed by atoms with Crippen molar-refractivity contribution in [2.75, 3.05) is 6.61 Å². The molecule has 3 fully saturated rings. The quantitative estimate of drug-likeness (QED) is 0.377.